The third kappa shape index (κ3) is 4.85. The van der Waals surface area contributed by atoms with Crippen LogP contribution in [0, 0.1) is 22.7 Å². The van der Waals surface area contributed by atoms with Gasteiger partial charge in [-0.25, -0.2) is 0 Å². The molecule has 0 aromatic rings. The Bertz CT molecular complexity index is 358. The predicted molar refractivity (Wildman–Crippen MR) is 68.9 cm³/mol. The first kappa shape index (κ1) is 16.0. The van der Waals surface area contributed by atoms with Crippen LogP contribution in [0.25, 0.3) is 0 Å². The molecule has 1 fully saturated rings. The van der Waals surface area contributed by atoms with Crippen LogP contribution in [0.1, 0.15) is 51.9 Å². The molecule has 0 aromatic carbocycles. The van der Waals surface area contributed by atoms with Crippen LogP contribution in [0.4, 0.5) is 13.2 Å². The molecule has 1 unspecified atom stereocenters. The maximum atomic E-state index is 12.2. The van der Waals surface area contributed by atoms with Crippen LogP contribution in [0.2, 0.25) is 0 Å². The van der Waals surface area contributed by atoms with Crippen molar-refractivity contribution < 1.29 is 13.2 Å². The fraction of sp³-hybridized carbons (Fsp3) is 0.857. The first-order valence-electron chi connectivity index (χ1n) is 6.73. The summed E-state index contributed by atoms with van der Waals surface area (Å²) in [4.78, 5) is 4.17. The van der Waals surface area contributed by atoms with Crippen molar-refractivity contribution in [3.8, 4) is 6.07 Å². The molecule has 0 bridgehead atoms. The Morgan fingerprint density at radius 1 is 1.26 bits per heavy atom. The Kier molecular flexibility index (Phi) is 5.39. The predicted octanol–water partition coefficient (Wildman–Crippen LogP) is 4.51. The molecule has 19 heavy (non-hydrogen) atoms. The zero-order valence-electron chi connectivity index (χ0n) is 11.6. The van der Waals surface area contributed by atoms with Gasteiger partial charge in [-0.05, 0) is 51.4 Å². The fourth-order valence-corrected chi connectivity index (χ4v) is 2.82. The average molecular weight is 274 g/mol. The molecule has 1 aliphatic carbocycles. The molecule has 1 saturated carbocycles. The van der Waals surface area contributed by atoms with Gasteiger partial charge in [0, 0.05) is 19.2 Å². The molecule has 0 heterocycles. The summed E-state index contributed by atoms with van der Waals surface area (Å²) >= 11 is 0. The van der Waals surface area contributed by atoms with Crippen molar-refractivity contribution in [3.05, 3.63) is 0 Å². The molecule has 0 aliphatic heterocycles. The molecule has 0 saturated heterocycles. The molecule has 0 amide bonds. The van der Waals surface area contributed by atoms with E-state index in [-0.39, 0.29) is 12.3 Å². The van der Waals surface area contributed by atoms with E-state index < -0.39 is 18.0 Å². The van der Waals surface area contributed by atoms with Gasteiger partial charge < -0.3 is 0 Å². The number of rotatable bonds is 4. The number of aliphatic imine (C=N–C) groups is 1. The quantitative estimate of drug-likeness (QED) is 0.743. The standard InChI is InChI=1S/C14H21F3N2/c1-13(10-18,8-3-9-14(15,16)17)11-4-6-12(19-2)7-5-11/h11H,3-9H2,1-2H3. The minimum Gasteiger partial charge on any atom is -0.297 e. The van der Waals surface area contributed by atoms with Crippen molar-refractivity contribution in [2.45, 2.75) is 58.0 Å². The Morgan fingerprint density at radius 3 is 2.26 bits per heavy atom. The van der Waals surface area contributed by atoms with Gasteiger partial charge in [-0.3, -0.25) is 4.99 Å². The van der Waals surface area contributed by atoms with Crippen molar-refractivity contribution >= 4 is 5.71 Å². The second-order valence-corrected chi connectivity index (χ2v) is 5.56. The molecule has 5 heteroatoms. The van der Waals surface area contributed by atoms with Gasteiger partial charge in [0.2, 0.25) is 0 Å². The van der Waals surface area contributed by atoms with E-state index >= 15 is 0 Å². The molecular formula is C14H21F3N2. The number of nitrogens with zero attached hydrogens (tertiary/aromatic N) is 2. The van der Waals surface area contributed by atoms with Gasteiger partial charge in [0.05, 0.1) is 11.5 Å². The van der Waals surface area contributed by atoms with Crippen molar-refractivity contribution in [2.75, 3.05) is 7.05 Å². The first-order valence-corrected chi connectivity index (χ1v) is 6.73. The normalized spacial score (nSPS) is 23.6. The zero-order chi connectivity index (χ0) is 14.5. The third-order valence-corrected chi connectivity index (χ3v) is 4.19. The van der Waals surface area contributed by atoms with Crippen LogP contribution in [0.5, 0.6) is 0 Å². The average Bonchev–Trinajstić information content (AvgIpc) is 2.37. The molecule has 0 spiro atoms. The van der Waals surface area contributed by atoms with E-state index in [1.807, 2.05) is 6.92 Å². The highest BCUT2D eigenvalue weighted by Gasteiger charge is 2.37. The monoisotopic (exact) mass is 274 g/mol. The molecule has 1 rings (SSSR count). The lowest BCUT2D eigenvalue weighted by atomic mass is 9.68. The van der Waals surface area contributed by atoms with Gasteiger partial charge in [0.25, 0.3) is 0 Å². The second-order valence-electron chi connectivity index (χ2n) is 5.56. The molecular weight excluding hydrogens is 253 g/mol. The highest BCUT2D eigenvalue weighted by atomic mass is 19.4. The summed E-state index contributed by atoms with van der Waals surface area (Å²) in [7, 11) is 1.77. The van der Waals surface area contributed by atoms with Gasteiger partial charge in [-0.1, -0.05) is 0 Å². The Hall–Kier alpha value is -1.05. The molecule has 2 nitrogen and oxygen atoms in total. The van der Waals surface area contributed by atoms with Crippen LogP contribution in [-0.2, 0) is 0 Å². The lowest BCUT2D eigenvalue weighted by Gasteiger charge is -2.35. The number of nitriles is 1. The lowest BCUT2D eigenvalue weighted by molar-refractivity contribution is -0.136. The van der Waals surface area contributed by atoms with Gasteiger partial charge in [0.1, 0.15) is 0 Å². The van der Waals surface area contributed by atoms with Crippen molar-refractivity contribution in [1.82, 2.24) is 0 Å². The molecule has 1 aliphatic rings. The Labute approximate surface area is 112 Å². The summed E-state index contributed by atoms with van der Waals surface area (Å²) < 4.78 is 36.5. The minimum absolute atomic E-state index is 0.0405. The van der Waals surface area contributed by atoms with Crippen LogP contribution in [-0.4, -0.2) is 18.9 Å². The van der Waals surface area contributed by atoms with E-state index in [1.165, 1.54) is 0 Å². The van der Waals surface area contributed by atoms with Gasteiger partial charge in [0.15, 0.2) is 0 Å². The Morgan fingerprint density at radius 2 is 1.84 bits per heavy atom. The van der Waals surface area contributed by atoms with Crippen molar-refractivity contribution in [1.29, 1.82) is 5.26 Å². The fourth-order valence-electron chi connectivity index (χ4n) is 2.82. The van der Waals surface area contributed by atoms with Crippen LogP contribution in [0.3, 0.4) is 0 Å². The van der Waals surface area contributed by atoms with E-state index in [0.717, 1.165) is 31.4 Å². The number of hydrogen-bond donors (Lipinski definition) is 0. The molecule has 0 aromatic heterocycles. The van der Waals surface area contributed by atoms with E-state index in [4.69, 9.17) is 0 Å². The molecule has 0 radical (unpaired) electrons. The summed E-state index contributed by atoms with van der Waals surface area (Å²) in [6.45, 7) is 1.81. The SMILES string of the molecule is CN=C1CCC(C(C)(C#N)CCCC(F)(F)F)CC1. The summed E-state index contributed by atoms with van der Waals surface area (Å²) in [5, 5.41) is 9.33. The summed E-state index contributed by atoms with van der Waals surface area (Å²) in [5.74, 6) is 0.191. The molecule has 1 atom stereocenters. The molecule has 0 N–H and O–H groups in total. The summed E-state index contributed by atoms with van der Waals surface area (Å²) in [6.07, 6.45) is -1.07. The number of alkyl halides is 3. The van der Waals surface area contributed by atoms with Crippen LogP contribution >= 0.6 is 0 Å². The van der Waals surface area contributed by atoms with Gasteiger partial charge in [-0.2, -0.15) is 18.4 Å². The minimum atomic E-state index is -4.12. The van der Waals surface area contributed by atoms with Gasteiger partial charge >= 0.3 is 6.18 Å². The van der Waals surface area contributed by atoms with Crippen molar-refractivity contribution in [3.63, 3.8) is 0 Å². The lowest BCUT2D eigenvalue weighted by Crippen LogP contribution is -2.30. The zero-order valence-corrected chi connectivity index (χ0v) is 11.6. The van der Waals surface area contributed by atoms with Crippen LogP contribution < -0.4 is 0 Å². The smallest absolute Gasteiger partial charge is 0.297 e. The Balaban J connectivity index is 2.54. The largest absolute Gasteiger partial charge is 0.389 e. The third-order valence-electron chi connectivity index (χ3n) is 4.19. The topological polar surface area (TPSA) is 36.1 Å². The van der Waals surface area contributed by atoms with E-state index in [9.17, 15) is 18.4 Å². The van der Waals surface area contributed by atoms with Crippen molar-refractivity contribution in [2.24, 2.45) is 16.3 Å². The highest BCUT2D eigenvalue weighted by molar-refractivity contribution is 5.85. The first-order chi connectivity index (χ1) is 8.80. The van der Waals surface area contributed by atoms with Crippen LogP contribution in [0.15, 0.2) is 4.99 Å². The maximum absolute atomic E-state index is 12.2. The maximum Gasteiger partial charge on any atom is 0.389 e. The highest BCUT2D eigenvalue weighted by Crippen LogP contribution is 2.41. The number of halogens is 3. The summed E-state index contributed by atoms with van der Waals surface area (Å²) in [5.41, 5.74) is 0.525. The number of hydrogen-bond acceptors (Lipinski definition) is 2. The van der Waals surface area contributed by atoms with Gasteiger partial charge in [-0.15, -0.1) is 0 Å². The van der Waals surface area contributed by atoms with E-state index in [2.05, 4.69) is 11.1 Å². The molecule has 108 valence electrons. The van der Waals surface area contributed by atoms with E-state index in [1.54, 1.807) is 7.05 Å². The van der Waals surface area contributed by atoms with E-state index in [0.29, 0.717) is 6.42 Å². The summed E-state index contributed by atoms with van der Waals surface area (Å²) in [6, 6.07) is 2.26. The second kappa shape index (κ2) is 6.40.